The van der Waals surface area contributed by atoms with Crippen LogP contribution in [0, 0.1) is 0 Å². The predicted molar refractivity (Wildman–Crippen MR) is 90.5 cm³/mol. The number of rotatable bonds is 7. The summed E-state index contributed by atoms with van der Waals surface area (Å²) in [6.07, 6.45) is 17.4. The fraction of sp³-hybridized carbons (Fsp3) is 0.0667. The zero-order chi connectivity index (χ0) is 13.1. The van der Waals surface area contributed by atoms with Gasteiger partial charge in [0.05, 0.1) is 0 Å². The van der Waals surface area contributed by atoms with Gasteiger partial charge in [-0.3, -0.25) is 0 Å². The molecule has 0 bridgehead atoms. The van der Waals surface area contributed by atoms with Gasteiger partial charge in [-0.05, 0) is 0 Å². The summed E-state index contributed by atoms with van der Waals surface area (Å²) in [5, 5.41) is 0. The van der Waals surface area contributed by atoms with Crippen LogP contribution in [0.4, 0.5) is 0 Å². The Kier molecular flexibility index (Phi) is 9.54. The predicted octanol–water partition coefficient (Wildman–Crippen LogP) is 5.03. The lowest BCUT2D eigenvalue weighted by Gasteiger charge is -2.07. The molecular weight excluding hydrogens is 318 g/mol. The number of halogens is 1. The lowest BCUT2D eigenvalue weighted by atomic mass is 9.62. The van der Waals surface area contributed by atoms with E-state index in [9.17, 15) is 0 Å². The largest absolute Gasteiger partial charge is 0.278 e. The Morgan fingerprint density at radius 2 is 1.47 bits per heavy atom. The molecule has 0 radical (unpaired) electrons. The van der Waals surface area contributed by atoms with Crippen molar-refractivity contribution in [3.05, 3.63) is 85.4 Å². The van der Waals surface area contributed by atoms with Crippen LogP contribution >= 0.6 is 22.4 Å². The zero-order valence-corrected chi connectivity index (χ0v) is 12.4. The summed E-state index contributed by atoms with van der Waals surface area (Å²) < 4.78 is 0.328. The van der Waals surface area contributed by atoms with Crippen molar-refractivity contribution >= 4 is 26.9 Å². The van der Waals surface area contributed by atoms with Crippen molar-refractivity contribution in [3.63, 3.8) is 0 Å². The lowest BCUT2D eigenvalue weighted by Crippen LogP contribution is -2.08. The third-order valence-corrected chi connectivity index (χ3v) is 3.77. The van der Waals surface area contributed by atoms with Crippen molar-refractivity contribution in [2.24, 2.45) is 0 Å². The average Bonchev–Trinajstić information content (AvgIpc) is 2.34. The van der Waals surface area contributed by atoms with E-state index in [1.165, 1.54) is 10.9 Å². The Labute approximate surface area is 119 Å². The summed E-state index contributed by atoms with van der Waals surface area (Å²) in [6, 6.07) is 0. The minimum Gasteiger partial charge on any atom is -0.136 e. The van der Waals surface area contributed by atoms with Crippen LogP contribution in [0.2, 0.25) is 0 Å². The zero-order valence-electron chi connectivity index (χ0n) is 10.3. The molecule has 0 amide bonds. The van der Waals surface area contributed by atoms with Crippen LogP contribution in [-0.4, -0.2) is 4.57 Å². The minimum absolute atomic E-state index is 0.328. The third kappa shape index (κ3) is 7.00. The van der Waals surface area contributed by atoms with Gasteiger partial charge in [0.2, 0.25) is 0 Å². The highest BCUT2D eigenvalue weighted by Crippen LogP contribution is 2.18. The van der Waals surface area contributed by atoms with E-state index in [4.69, 9.17) is 0 Å². The molecule has 0 aliphatic carbocycles. The Hall–Kier alpha value is -1.03. The maximum Gasteiger partial charge on any atom is 0.278 e. The standard InChI is InChI=1S/C15H18BI/c1-5-8-10-12-14(4)16(17)15(7-3)13-11-9-6-2/h5-13H,1-3H2,4H3/b10-8-,11-9-,14-12+,15-13+. The van der Waals surface area contributed by atoms with Gasteiger partial charge in [0.25, 0.3) is 4.57 Å². The van der Waals surface area contributed by atoms with Crippen molar-refractivity contribution < 1.29 is 0 Å². The highest BCUT2D eigenvalue weighted by molar-refractivity contribution is 14.1. The van der Waals surface area contributed by atoms with Crippen molar-refractivity contribution in [1.29, 1.82) is 0 Å². The first-order valence-corrected chi connectivity index (χ1v) is 6.63. The van der Waals surface area contributed by atoms with E-state index in [0.717, 1.165) is 0 Å². The van der Waals surface area contributed by atoms with Gasteiger partial charge in [0, 0.05) is 0 Å². The van der Waals surface area contributed by atoms with E-state index in [1.807, 2.05) is 30.4 Å². The number of allylic oxidation sites excluding steroid dienone is 11. The molecule has 0 unspecified atom stereocenters. The van der Waals surface area contributed by atoms with Crippen molar-refractivity contribution in [2.45, 2.75) is 6.92 Å². The van der Waals surface area contributed by atoms with E-state index in [1.54, 1.807) is 12.2 Å². The van der Waals surface area contributed by atoms with Crippen LogP contribution in [0.5, 0.6) is 0 Å². The summed E-state index contributed by atoms with van der Waals surface area (Å²) in [6.45, 7) is 13.2. The molecule has 0 aliphatic rings. The summed E-state index contributed by atoms with van der Waals surface area (Å²) in [7, 11) is 0. The molecule has 0 saturated heterocycles. The quantitative estimate of drug-likeness (QED) is 0.347. The number of hydrogen-bond donors (Lipinski definition) is 0. The van der Waals surface area contributed by atoms with E-state index < -0.39 is 0 Å². The molecule has 0 fully saturated rings. The van der Waals surface area contributed by atoms with Crippen molar-refractivity contribution in [3.8, 4) is 0 Å². The highest BCUT2D eigenvalue weighted by Gasteiger charge is 2.13. The Morgan fingerprint density at radius 1 is 0.941 bits per heavy atom. The lowest BCUT2D eigenvalue weighted by molar-refractivity contribution is 1.62. The van der Waals surface area contributed by atoms with Crippen molar-refractivity contribution in [1.82, 2.24) is 0 Å². The molecule has 0 saturated carbocycles. The maximum atomic E-state index is 3.85. The topological polar surface area (TPSA) is 0 Å². The highest BCUT2D eigenvalue weighted by atomic mass is 127. The normalized spacial score (nSPS) is 13.1. The van der Waals surface area contributed by atoms with Gasteiger partial charge in [-0.2, -0.15) is 0 Å². The van der Waals surface area contributed by atoms with Crippen LogP contribution in [0.15, 0.2) is 85.4 Å². The fourth-order valence-corrected chi connectivity index (χ4v) is 1.80. The molecule has 2 heteroatoms. The second kappa shape index (κ2) is 10.1. The third-order valence-electron chi connectivity index (χ3n) is 2.07. The molecule has 0 rings (SSSR count). The smallest absolute Gasteiger partial charge is 0.136 e. The molecule has 0 aromatic heterocycles. The summed E-state index contributed by atoms with van der Waals surface area (Å²) in [4.78, 5) is 0. The van der Waals surface area contributed by atoms with Crippen LogP contribution in [0.1, 0.15) is 6.92 Å². The maximum absolute atomic E-state index is 3.85. The molecule has 0 aromatic carbocycles. The molecule has 0 spiro atoms. The van der Waals surface area contributed by atoms with E-state index in [2.05, 4.69) is 61.2 Å². The Bertz CT molecular complexity index is 384. The summed E-state index contributed by atoms with van der Waals surface area (Å²) >= 11 is 2.41. The molecule has 0 heterocycles. The van der Waals surface area contributed by atoms with Crippen molar-refractivity contribution in [2.75, 3.05) is 0 Å². The number of hydrogen-bond acceptors (Lipinski definition) is 0. The molecule has 17 heavy (non-hydrogen) atoms. The fourth-order valence-electron chi connectivity index (χ4n) is 1.13. The van der Waals surface area contributed by atoms with Crippen LogP contribution < -0.4 is 0 Å². The molecule has 88 valence electrons. The molecule has 0 atom stereocenters. The average molecular weight is 336 g/mol. The first-order chi connectivity index (χ1) is 8.17. The Morgan fingerprint density at radius 3 is 1.94 bits per heavy atom. The molecule has 0 nitrogen and oxygen atoms in total. The molecular formula is C15H18BI. The molecule has 0 aliphatic heterocycles. The molecule has 0 aromatic rings. The van der Waals surface area contributed by atoms with Gasteiger partial charge >= 0.3 is 0 Å². The van der Waals surface area contributed by atoms with Gasteiger partial charge < -0.3 is 0 Å². The van der Waals surface area contributed by atoms with Gasteiger partial charge in [0.1, 0.15) is 0 Å². The van der Waals surface area contributed by atoms with Crippen LogP contribution in [-0.2, 0) is 0 Å². The van der Waals surface area contributed by atoms with E-state index in [0.29, 0.717) is 4.57 Å². The monoisotopic (exact) mass is 336 g/mol. The minimum atomic E-state index is 0.328. The van der Waals surface area contributed by atoms with Crippen LogP contribution in [0.3, 0.4) is 0 Å². The van der Waals surface area contributed by atoms with Gasteiger partial charge in [-0.1, -0.05) is 92.3 Å². The van der Waals surface area contributed by atoms with Gasteiger partial charge in [-0.25, -0.2) is 0 Å². The summed E-state index contributed by atoms with van der Waals surface area (Å²) in [5.74, 6) is 0. The van der Waals surface area contributed by atoms with Gasteiger partial charge in [-0.15, -0.1) is 22.4 Å². The van der Waals surface area contributed by atoms with Crippen LogP contribution in [0.25, 0.3) is 0 Å². The van der Waals surface area contributed by atoms with Gasteiger partial charge in [0.15, 0.2) is 0 Å². The summed E-state index contributed by atoms with van der Waals surface area (Å²) in [5.41, 5.74) is 2.46. The Balaban J connectivity index is 4.85. The first kappa shape index (κ1) is 16.0. The second-order valence-electron chi connectivity index (χ2n) is 3.39. The van der Waals surface area contributed by atoms with E-state index >= 15 is 0 Å². The molecule has 0 N–H and O–H groups in total. The SMILES string of the molecule is C=C/C=C\C=C(/C)B(I)/C(C=C)=C/C=C\C=C. The first-order valence-electron chi connectivity index (χ1n) is 5.39. The van der Waals surface area contributed by atoms with E-state index in [-0.39, 0.29) is 0 Å². The second-order valence-corrected chi connectivity index (χ2v) is 4.63.